The van der Waals surface area contributed by atoms with Gasteiger partial charge in [0.2, 0.25) is 0 Å². The maximum Gasteiger partial charge on any atom is 0.348 e. The second kappa shape index (κ2) is 8.28. The number of esters is 1. The van der Waals surface area contributed by atoms with E-state index >= 15 is 0 Å². The van der Waals surface area contributed by atoms with Gasteiger partial charge in [0.05, 0.1) is 18.5 Å². The van der Waals surface area contributed by atoms with Crippen LogP contribution in [-0.4, -0.2) is 54.3 Å². The van der Waals surface area contributed by atoms with Crippen LogP contribution in [0.3, 0.4) is 0 Å². The summed E-state index contributed by atoms with van der Waals surface area (Å²) in [6.45, 7) is 7.19. The number of nitrogens with zero attached hydrogens (tertiary/aromatic N) is 2. The fraction of sp³-hybridized carbons (Fsp3) is 0.611. The average Bonchev–Trinajstić information content (AvgIpc) is 2.92. The zero-order valence-electron chi connectivity index (χ0n) is 15.5. The molecule has 0 aliphatic carbocycles. The first-order chi connectivity index (χ1) is 12.5. The molecule has 1 aliphatic rings. The van der Waals surface area contributed by atoms with Crippen LogP contribution in [0.4, 0.5) is 0 Å². The molecular weight excluding hydrogens is 354 g/mol. The molecule has 0 unspecified atom stereocenters. The third kappa shape index (κ3) is 4.13. The van der Waals surface area contributed by atoms with Crippen molar-refractivity contribution in [2.75, 3.05) is 33.4 Å². The van der Waals surface area contributed by atoms with Crippen LogP contribution in [-0.2, 0) is 16.0 Å². The summed E-state index contributed by atoms with van der Waals surface area (Å²) >= 11 is 1.22. The molecule has 0 spiro atoms. The number of hydrogen-bond acceptors (Lipinski definition) is 7. The van der Waals surface area contributed by atoms with Gasteiger partial charge in [-0.15, -0.1) is 11.3 Å². The van der Waals surface area contributed by atoms with Gasteiger partial charge < -0.3 is 14.5 Å². The standard InChI is InChI=1S/C18H25N3O4S/c1-11-5-4-6-21(9-11)10-13-19-16(22)14-12(2)15(26-17(14)20-13)18(23)25-8-7-24-3/h11H,4-10H2,1-3H3,(H,19,20,22)/t11-/m0/s1. The Morgan fingerprint density at radius 3 is 2.96 bits per heavy atom. The molecule has 3 heterocycles. The topological polar surface area (TPSA) is 84.5 Å². The third-order valence-electron chi connectivity index (χ3n) is 4.67. The highest BCUT2D eigenvalue weighted by Crippen LogP contribution is 2.28. The van der Waals surface area contributed by atoms with Gasteiger partial charge in [0.1, 0.15) is 22.1 Å². The van der Waals surface area contributed by atoms with Crippen LogP contribution in [0.25, 0.3) is 10.2 Å². The number of aryl methyl sites for hydroxylation is 1. The molecule has 3 rings (SSSR count). The lowest BCUT2D eigenvalue weighted by atomic mass is 10.0. The van der Waals surface area contributed by atoms with E-state index in [1.54, 1.807) is 14.0 Å². The SMILES string of the molecule is COCCOC(=O)c1sc2nc(CN3CCC[C@H](C)C3)[nH]c(=O)c2c1C. The maximum absolute atomic E-state index is 12.5. The minimum Gasteiger partial charge on any atom is -0.459 e. The summed E-state index contributed by atoms with van der Waals surface area (Å²) in [7, 11) is 1.55. The van der Waals surface area contributed by atoms with E-state index in [4.69, 9.17) is 9.47 Å². The van der Waals surface area contributed by atoms with Crippen molar-refractivity contribution < 1.29 is 14.3 Å². The highest BCUT2D eigenvalue weighted by atomic mass is 32.1. The number of methoxy groups -OCH3 is 1. The molecule has 2 aromatic heterocycles. The number of rotatable bonds is 6. The van der Waals surface area contributed by atoms with E-state index in [2.05, 4.69) is 21.8 Å². The largest absolute Gasteiger partial charge is 0.459 e. The van der Waals surface area contributed by atoms with Gasteiger partial charge in [-0.1, -0.05) is 6.92 Å². The first-order valence-corrected chi connectivity index (χ1v) is 9.72. The van der Waals surface area contributed by atoms with Gasteiger partial charge in [0.15, 0.2) is 0 Å². The van der Waals surface area contributed by atoms with Crippen LogP contribution in [0, 0.1) is 12.8 Å². The van der Waals surface area contributed by atoms with Crippen molar-refractivity contribution >= 4 is 27.5 Å². The summed E-state index contributed by atoms with van der Waals surface area (Å²) in [6, 6.07) is 0. The molecule has 0 saturated carbocycles. The summed E-state index contributed by atoms with van der Waals surface area (Å²) in [5.41, 5.74) is 0.430. The van der Waals surface area contributed by atoms with E-state index in [0.29, 0.717) is 45.6 Å². The molecule has 8 heteroatoms. The van der Waals surface area contributed by atoms with Gasteiger partial charge in [0, 0.05) is 13.7 Å². The Labute approximate surface area is 156 Å². The number of aromatic amines is 1. The molecule has 2 aromatic rings. The Kier molecular flexibility index (Phi) is 6.05. The number of piperidine rings is 1. The van der Waals surface area contributed by atoms with Crippen LogP contribution >= 0.6 is 11.3 Å². The van der Waals surface area contributed by atoms with E-state index in [1.165, 1.54) is 24.2 Å². The predicted octanol–water partition coefficient (Wildman–Crippen LogP) is 2.33. The van der Waals surface area contributed by atoms with Gasteiger partial charge in [0.25, 0.3) is 5.56 Å². The normalized spacial score (nSPS) is 18.3. The predicted molar refractivity (Wildman–Crippen MR) is 101 cm³/mol. The zero-order chi connectivity index (χ0) is 18.7. The molecule has 7 nitrogen and oxygen atoms in total. The second-order valence-electron chi connectivity index (χ2n) is 6.86. The number of carbonyl (C=O) groups is 1. The fourth-order valence-electron chi connectivity index (χ4n) is 3.38. The summed E-state index contributed by atoms with van der Waals surface area (Å²) in [5.74, 6) is 0.877. The van der Waals surface area contributed by atoms with Gasteiger partial charge in [-0.3, -0.25) is 9.69 Å². The van der Waals surface area contributed by atoms with Crippen molar-refractivity contribution in [2.24, 2.45) is 5.92 Å². The van der Waals surface area contributed by atoms with Crippen molar-refractivity contribution in [1.29, 1.82) is 0 Å². The summed E-state index contributed by atoms with van der Waals surface area (Å²) in [4.78, 5) is 35.6. The summed E-state index contributed by atoms with van der Waals surface area (Å²) in [6.07, 6.45) is 2.42. The van der Waals surface area contributed by atoms with E-state index in [9.17, 15) is 9.59 Å². The number of H-pyrrole nitrogens is 1. The molecule has 0 radical (unpaired) electrons. The molecule has 1 saturated heterocycles. The van der Waals surface area contributed by atoms with E-state index in [1.807, 2.05) is 0 Å². The molecule has 0 bridgehead atoms. The monoisotopic (exact) mass is 379 g/mol. The molecular formula is C18H25N3O4S. The van der Waals surface area contributed by atoms with E-state index < -0.39 is 5.97 Å². The van der Waals surface area contributed by atoms with Crippen molar-refractivity contribution in [3.05, 3.63) is 26.6 Å². The Bertz CT molecular complexity index is 845. The van der Waals surface area contributed by atoms with Crippen LogP contribution < -0.4 is 5.56 Å². The number of thiophene rings is 1. The van der Waals surface area contributed by atoms with Crippen molar-refractivity contribution in [1.82, 2.24) is 14.9 Å². The molecule has 1 aliphatic heterocycles. The van der Waals surface area contributed by atoms with Crippen molar-refractivity contribution in [2.45, 2.75) is 33.2 Å². The quantitative estimate of drug-likeness (QED) is 0.613. The number of likely N-dealkylation sites (tertiary alicyclic amines) is 1. The highest BCUT2D eigenvalue weighted by molar-refractivity contribution is 7.20. The molecule has 0 amide bonds. The number of aromatic nitrogens is 2. The third-order valence-corrected chi connectivity index (χ3v) is 5.84. The Balaban J connectivity index is 1.84. The first kappa shape index (κ1) is 19.0. The van der Waals surface area contributed by atoms with Gasteiger partial charge in [-0.25, -0.2) is 9.78 Å². The molecule has 0 aromatic carbocycles. The van der Waals surface area contributed by atoms with Gasteiger partial charge in [-0.05, 0) is 37.8 Å². The minimum atomic E-state index is -0.437. The molecule has 1 atom stereocenters. The van der Waals surface area contributed by atoms with Gasteiger partial charge in [-0.2, -0.15) is 0 Å². The van der Waals surface area contributed by atoms with Crippen LogP contribution in [0.1, 0.15) is 40.8 Å². The molecule has 26 heavy (non-hydrogen) atoms. The molecule has 142 valence electrons. The zero-order valence-corrected chi connectivity index (χ0v) is 16.3. The number of fused-ring (bicyclic) bond motifs is 1. The first-order valence-electron chi connectivity index (χ1n) is 8.90. The lowest BCUT2D eigenvalue weighted by Crippen LogP contribution is -2.34. The van der Waals surface area contributed by atoms with Crippen molar-refractivity contribution in [3.63, 3.8) is 0 Å². The Hall–Kier alpha value is -1.77. The number of ether oxygens (including phenoxy) is 2. The van der Waals surface area contributed by atoms with Crippen LogP contribution in [0.15, 0.2) is 4.79 Å². The second-order valence-corrected chi connectivity index (χ2v) is 7.86. The Morgan fingerprint density at radius 1 is 1.42 bits per heavy atom. The summed E-state index contributed by atoms with van der Waals surface area (Å²) < 4.78 is 10.1. The number of nitrogens with one attached hydrogen (secondary N) is 1. The smallest absolute Gasteiger partial charge is 0.348 e. The number of hydrogen-bond donors (Lipinski definition) is 1. The lowest BCUT2D eigenvalue weighted by Gasteiger charge is -2.30. The van der Waals surface area contributed by atoms with E-state index in [-0.39, 0.29) is 12.2 Å². The molecule has 1 N–H and O–H groups in total. The fourth-order valence-corrected chi connectivity index (χ4v) is 4.48. The number of carbonyl (C=O) groups excluding carboxylic acids is 1. The lowest BCUT2D eigenvalue weighted by molar-refractivity contribution is 0.0393. The van der Waals surface area contributed by atoms with Crippen LogP contribution in [0.5, 0.6) is 0 Å². The maximum atomic E-state index is 12.5. The van der Waals surface area contributed by atoms with Gasteiger partial charge >= 0.3 is 5.97 Å². The minimum absolute atomic E-state index is 0.186. The van der Waals surface area contributed by atoms with E-state index in [0.717, 1.165) is 13.1 Å². The molecule has 1 fully saturated rings. The van der Waals surface area contributed by atoms with Crippen LogP contribution in [0.2, 0.25) is 0 Å². The Morgan fingerprint density at radius 2 is 2.23 bits per heavy atom. The summed E-state index contributed by atoms with van der Waals surface area (Å²) in [5, 5.41) is 0.476. The highest BCUT2D eigenvalue weighted by Gasteiger charge is 2.22. The average molecular weight is 379 g/mol. The van der Waals surface area contributed by atoms with Crippen molar-refractivity contribution in [3.8, 4) is 0 Å².